The standard InChI is InChI=1S/C4H7F4O3P/c1-2-10-12(8,9)11-4(6,7)3-5/h2-3H2,1H3. The Hall–Kier alpha value is -0.130. The highest BCUT2D eigenvalue weighted by Gasteiger charge is 2.41. The number of alkyl halides is 3. The third-order valence-electron chi connectivity index (χ3n) is 0.681. The normalized spacial score (nSPS) is 17.4. The SMILES string of the molecule is CCOP(=O)(F)OC(F)(F)CF. The van der Waals surface area contributed by atoms with Gasteiger partial charge in [0.2, 0.25) is 0 Å². The quantitative estimate of drug-likeness (QED) is 0.516. The van der Waals surface area contributed by atoms with Crippen molar-refractivity contribution in [3.05, 3.63) is 0 Å². The average molecular weight is 210 g/mol. The Morgan fingerprint density at radius 1 is 1.50 bits per heavy atom. The minimum atomic E-state index is -5.32. The summed E-state index contributed by atoms with van der Waals surface area (Å²) in [5.74, 6) is 0. The summed E-state index contributed by atoms with van der Waals surface area (Å²) in [6, 6.07) is 0. The van der Waals surface area contributed by atoms with Gasteiger partial charge in [0.25, 0.3) is 0 Å². The van der Waals surface area contributed by atoms with Crippen molar-refractivity contribution >= 4 is 7.91 Å². The van der Waals surface area contributed by atoms with E-state index in [9.17, 15) is 21.9 Å². The summed E-state index contributed by atoms with van der Waals surface area (Å²) >= 11 is 0. The van der Waals surface area contributed by atoms with E-state index in [2.05, 4.69) is 9.05 Å². The van der Waals surface area contributed by atoms with E-state index < -0.39 is 27.3 Å². The predicted octanol–water partition coefficient (Wildman–Crippen LogP) is 2.68. The van der Waals surface area contributed by atoms with Crippen LogP contribution in [-0.2, 0) is 13.6 Å². The first-order valence-electron chi connectivity index (χ1n) is 2.92. The Kier molecular flexibility index (Phi) is 4.16. The molecule has 0 aliphatic carbocycles. The number of hydrogen-bond donors (Lipinski definition) is 0. The number of halogens is 4. The number of rotatable bonds is 5. The lowest BCUT2D eigenvalue weighted by Gasteiger charge is -2.14. The molecule has 0 aromatic heterocycles. The van der Waals surface area contributed by atoms with Crippen LogP contribution in [0.1, 0.15) is 6.92 Å². The highest BCUT2D eigenvalue weighted by atomic mass is 31.2. The Labute approximate surface area is 66.3 Å². The maximum Gasteiger partial charge on any atom is 0.517 e. The molecule has 0 aliphatic heterocycles. The lowest BCUT2D eigenvalue weighted by atomic mass is 10.7. The van der Waals surface area contributed by atoms with Gasteiger partial charge in [-0.25, -0.2) is 13.5 Å². The summed E-state index contributed by atoms with van der Waals surface area (Å²) in [7, 11) is -5.32. The molecule has 0 fully saturated rings. The van der Waals surface area contributed by atoms with Gasteiger partial charge in [0.15, 0.2) is 6.67 Å². The highest BCUT2D eigenvalue weighted by Crippen LogP contribution is 2.53. The van der Waals surface area contributed by atoms with Crippen LogP contribution in [0.15, 0.2) is 0 Å². The molecule has 0 saturated carbocycles. The largest absolute Gasteiger partial charge is 0.517 e. The lowest BCUT2D eigenvalue weighted by molar-refractivity contribution is -0.195. The van der Waals surface area contributed by atoms with Gasteiger partial charge < -0.3 is 0 Å². The molecule has 0 amide bonds. The summed E-state index contributed by atoms with van der Waals surface area (Å²) < 4.78 is 64.2. The summed E-state index contributed by atoms with van der Waals surface area (Å²) in [5, 5.41) is 0. The predicted molar refractivity (Wildman–Crippen MR) is 32.3 cm³/mol. The van der Waals surface area contributed by atoms with Crippen LogP contribution in [-0.4, -0.2) is 19.4 Å². The molecule has 8 heteroatoms. The smallest absolute Gasteiger partial charge is 0.284 e. The van der Waals surface area contributed by atoms with Gasteiger partial charge >= 0.3 is 14.0 Å². The van der Waals surface area contributed by atoms with Gasteiger partial charge in [-0.3, -0.25) is 4.52 Å². The van der Waals surface area contributed by atoms with Gasteiger partial charge in [0.1, 0.15) is 0 Å². The van der Waals surface area contributed by atoms with Crippen molar-refractivity contribution < 1.29 is 31.0 Å². The van der Waals surface area contributed by atoms with E-state index in [1.54, 1.807) is 0 Å². The van der Waals surface area contributed by atoms with Crippen molar-refractivity contribution in [3.8, 4) is 0 Å². The molecule has 1 unspecified atom stereocenters. The third-order valence-corrected chi connectivity index (χ3v) is 1.73. The Bertz CT molecular complexity index is 185. The lowest BCUT2D eigenvalue weighted by Crippen LogP contribution is -2.21. The van der Waals surface area contributed by atoms with E-state index >= 15 is 0 Å². The van der Waals surface area contributed by atoms with E-state index in [0.717, 1.165) is 0 Å². The van der Waals surface area contributed by atoms with Gasteiger partial charge in [-0.15, -0.1) is 4.20 Å². The average Bonchev–Trinajstić information content (AvgIpc) is 1.85. The molecular weight excluding hydrogens is 203 g/mol. The first-order chi connectivity index (χ1) is 5.33. The zero-order valence-corrected chi connectivity index (χ0v) is 6.99. The first-order valence-corrected chi connectivity index (χ1v) is 4.35. The fourth-order valence-corrected chi connectivity index (χ4v) is 1.09. The van der Waals surface area contributed by atoms with Gasteiger partial charge in [-0.2, -0.15) is 8.78 Å². The molecule has 1 atom stereocenters. The summed E-state index contributed by atoms with van der Waals surface area (Å²) in [6.07, 6.45) is -4.40. The second-order valence-electron chi connectivity index (χ2n) is 1.71. The molecule has 0 rings (SSSR count). The maximum atomic E-state index is 12.2. The van der Waals surface area contributed by atoms with Crippen molar-refractivity contribution in [2.75, 3.05) is 13.3 Å². The second kappa shape index (κ2) is 4.20. The maximum absolute atomic E-state index is 12.2. The zero-order chi connectivity index (χ0) is 9.83. The monoisotopic (exact) mass is 210 g/mol. The molecule has 0 heterocycles. The van der Waals surface area contributed by atoms with Crippen LogP contribution >= 0.6 is 7.91 Å². The van der Waals surface area contributed by atoms with Crippen molar-refractivity contribution in [2.45, 2.75) is 13.0 Å². The molecule has 12 heavy (non-hydrogen) atoms. The molecule has 0 N–H and O–H groups in total. The summed E-state index contributed by atoms with van der Waals surface area (Å²) in [4.78, 5) is 0. The van der Waals surface area contributed by atoms with Gasteiger partial charge in [-0.05, 0) is 6.92 Å². The van der Waals surface area contributed by atoms with Crippen molar-refractivity contribution in [3.63, 3.8) is 0 Å². The van der Waals surface area contributed by atoms with Crippen LogP contribution in [0.3, 0.4) is 0 Å². The molecule has 0 aromatic carbocycles. The Morgan fingerprint density at radius 2 is 2.00 bits per heavy atom. The third kappa shape index (κ3) is 4.69. The van der Waals surface area contributed by atoms with E-state index in [1.165, 1.54) is 6.92 Å². The minimum absolute atomic E-state index is 0.407. The van der Waals surface area contributed by atoms with E-state index in [0.29, 0.717) is 0 Å². The van der Waals surface area contributed by atoms with Crippen molar-refractivity contribution in [2.24, 2.45) is 0 Å². The zero-order valence-electron chi connectivity index (χ0n) is 6.10. The van der Waals surface area contributed by atoms with Gasteiger partial charge in [0, 0.05) is 0 Å². The fraction of sp³-hybridized carbons (Fsp3) is 1.00. The van der Waals surface area contributed by atoms with Crippen LogP contribution in [0.25, 0.3) is 0 Å². The van der Waals surface area contributed by atoms with Gasteiger partial charge in [-0.1, -0.05) is 0 Å². The van der Waals surface area contributed by atoms with Crippen LogP contribution in [0.2, 0.25) is 0 Å². The van der Waals surface area contributed by atoms with Crippen LogP contribution in [0.4, 0.5) is 17.4 Å². The highest BCUT2D eigenvalue weighted by molar-refractivity contribution is 7.48. The Balaban J connectivity index is 4.14. The van der Waals surface area contributed by atoms with E-state index in [4.69, 9.17) is 0 Å². The molecule has 0 aliphatic rings. The molecule has 0 aromatic rings. The van der Waals surface area contributed by atoms with Crippen LogP contribution in [0, 0.1) is 0 Å². The molecule has 0 saturated heterocycles. The van der Waals surface area contributed by atoms with E-state index in [1.807, 2.05) is 0 Å². The van der Waals surface area contributed by atoms with Crippen molar-refractivity contribution in [1.29, 1.82) is 0 Å². The van der Waals surface area contributed by atoms with Gasteiger partial charge in [0.05, 0.1) is 6.61 Å². The number of hydrogen-bond acceptors (Lipinski definition) is 3. The topological polar surface area (TPSA) is 35.5 Å². The Morgan fingerprint density at radius 3 is 2.33 bits per heavy atom. The first kappa shape index (κ1) is 11.9. The fourth-order valence-electron chi connectivity index (χ4n) is 0.364. The summed E-state index contributed by atoms with van der Waals surface area (Å²) in [6.45, 7) is -1.44. The second-order valence-corrected chi connectivity index (χ2v) is 3.01. The molecular formula is C4H7F4O3P. The molecule has 3 nitrogen and oxygen atoms in total. The molecule has 0 spiro atoms. The summed E-state index contributed by atoms with van der Waals surface area (Å²) in [5.41, 5.74) is 0. The minimum Gasteiger partial charge on any atom is -0.284 e. The van der Waals surface area contributed by atoms with E-state index in [-0.39, 0.29) is 0 Å². The van der Waals surface area contributed by atoms with Crippen LogP contribution < -0.4 is 0 Å². The molecule has 0 bridgehead atoms. The van der Waals surface area contributed by atoms with Crippen LogP contribution in [0.5, 0.6) is 0 Å². The molecule has 0 radical (unpaired) electrons. The molecule has 74 valence electrons. The van der Waals surface area contributed by atoms with Crippen molar-refractivity contribution in [1.82, 2.24) is 0 Å².